The Labute approximate surface area is 84.4 Å². The van der Waals surface area contributed by atoms with Gasteiger partial charge < -0.3 is 10.2 Å². The van der Waals surface area contributed by atoms with Gasteiger partial charge in [0.25, 0.3) is 0 Å². The minimum Gasteiger partial charge on any atom is -0.507 e. The average molecular weight is 206 g/mol. The molecular formula is C11H7FO3. The van der Waals surface area contributed by atoms with Crippen molar-refractivity contribution < 1.29 is 19.4 Å². The molecule has 2 aromatic carbocycles. The Morgan fingerprint density at radius 2 is 1.93 bits per heavy atom. The molecule has 0 aliphatic carbocycles. The number of rotatable bonds is 1. The summed E-state index contributed by atoms with van der Waals surface area (Å²) < 4.78 is 13.3. The van der Waals surface area contributed by atoms with Crippen LogP contribution in [0.1, 0.15) is 10.4 Å². The van der Waals surface area contributed by atoms with Gasteiger partial charge in [0.05, 0.1) is 5.56 Å². The van der Waals surface area contributed by atoms with E-state index in [1.807, 2.05) is 0 Å². The molecule has 2 aromatic rings. The highest BCUT2D eigenvalue weighted by Gasteiger charge is 2.13. The Kier molecular flexibility index (Phi) is 2.04. The number of fused-ring (bicyclic) bond motifs is 1. The molecule has 2 N–H and O–H groups in total. The summed E-state index contributed by atoms with van der Waals surface area (Å²) in [5.41, 5.74) is -0.107. The van der Waals surface area contributed by atoms with Crippen molar-refractivity contribution in [2.45, 2.75) is 0 Å². The second-order valence-corrected chi connectivity index (χ2v) is 3.10. The summed E-state index contributed by atoms with van der Waals surface area (Å²) in [6.07, 6.45) is 0. The monoisotopic (exact) mass is 206 g/mol. The molecule has 3 nitrogen and oxygen atoms in total. The quantitative estimate of drug-likeness (QED) is 0.753. The lowest BCUT2D eigenvalue weighted by molar-refractivity contribution is 0.0698. The fourth-order valence-electron chi connectivity index (χ4n) is 1.53. The van der Waals surface area contributed by atoms with E-state index < -0.39 is 11.8 Å². The number of aromatic carboxylic acids is 1. The maximum Gasteiger partial charge on any atom is 0.336 e. The van der Waals surface area contributed by atoms with E-state index in [1.54, 1.807) is 0 Å². The van der Waals surface area contributed by atoms with Crippen molar-refractivity contribution in [3.8, 4) is 5.75 Å². The fourth-order valence-corrected chi connectivity index (χ4v) is 1.53. The van der Waals surface area contributed by atoms with Crippen molar-refractivity contribution >= 4 is 16.7 Å². The summed E-state index contributed by atoms with van der Waals surface area (Å²) >= 11 is 0. The van der Waals surface area contributed by atoms with Crippen molar-refractivity contribution in [3.63, 3.8) is 0 Å². The number of phenols is 1. The van der Waals surface area contributed by atoms with Crippen LogP contribution in [0.5, 0.6) is 5.75 Å². The molecule has 0 aliphatic rings. The molecule has 4 heteroatoms. The van der Waals surface area contributed by atoms with Crippen LogP contribution in [0.25, 0.3) is 10.8 Å². The van der Waals surface area contributed by atoms with Gasteiger partial charge in [0.2, 0.25) is 0 Å². The van der Waals surface area contributed by atoms with E-state index in [-0.39, 0.29) is 22.1 Å². The lowest BCUT2D eigenvalue weighted by Crippen LogP contribution is -1.98. The van der Waals surface area contributed by atoms with E-state index in [9.17, 15) is 14.3 Å². The summed E-state index contributed by atoms with van der Waals surface area (Å²) in [4.78, 5) is 10.8. The van der Waals surface area contributed by atoms with E-state index in [4.69, 9.17) is 5.11 Å². The summed E-state index contributed by atoms with van der Waals surface area (Å²) in [5.74, 6) is -1.98. The van der Waals surface area contributed by atoms with Crippen LogP contribution >= 0.6 is 0 Å². The fraction of sp³-hybridized carbons (Fsp3) is 0. The molecule has 0 bridgehead atoms. The molecule has 0 amide bonds. The van der Waals surface area contributed by atoms with E-state index in [1.165, 1.54) is 18.2 Å². The maximum atomic E-state index is 13.3. The van der Waals surface area contributed by atoms with Gasteiger partial charge in [-0.05, 0) is 18.2 Å². The minimum absolute atomic E-state index is 0.0324. The Hall–Kier alpha value is -2.10. The predicted molar refractivity (Wildman–Crippen MR) is 52.5 cm³/mol. The highest BCUT2D eigenvalue weighted by Crippen LogP contribution is 2.29. The first-order chi connectivity index (χ1) is 7.11. The van der Waals surface area contributed by atoms with Gasteiger partial charge in [-0.25, -0.2) is 9.18 Å². The van der Waals surface area contributed by atoms with Crippen molar-refractivity contribution in [2.75, 3.05) is 0 Å². The number of hydrogen-bond donors (Lipinski definition) is 2. The first-order valence-electron chi connectivity index (χ1n) is 4.25. The number of hydrogen-bond acceptors (Lipinski definition) is 2. The number of carboxylic acids is 1. The van der Waals surface area contributed by atoms with Crippen molar-refractivity contribution in [3.05, 3.63) is 41.7 Å². The van der Waals surface area contributed by atoms with Gasteiger partial charge in [-0.2, -0.15) is 0 Å². The molecule has 0 aliphatic heterocycles. The Bertz CT molecular complexity index is 549. The number of halogens is 1. The van der Waals surface area contributed by atoms with Gasteiger partial charge in [-0.1, -0.05) is 12.1 Å². The van der Waals surface area contributed by atoms with Gasteiger partial charge >= 0.3 is 5.97 Å². The van der Waals surface area contributed by atoms with Crippen LogP contribution in [0.4, 0.5) is 4.39 Å². The van der Waals surface area contributed by atoms with Gasteiger partial charge in [0, 0.05) is 10.8 Å². The van der Waals surface area contributed by atoms with E-state index in [0.717, 1.165) is 12.1 Å². The normalized spacial score (nSPS) is 10.5. The molecule has 0 saturated carbocycles. The summed E-state index contributed by atoms with van der Waals surface area (Å²) in [6.45, 7) is 0. The molecule has 0 spiro atoms. The molecule has 2 rings (SSSR count). The zero-order valence-corrected chi connectivity index (χ0v) is 7.57. The van der Waals surface area contributed by atoms with E-state index >= 15 is 0 Å². The zero-order chi connectivity index (χ0) is 11.0. The zero-order valence-electron chi connectivity index (χ0n) is 7.57. The van der Waals surface area contributed by atoms with Crippen LogP contribution in [-0.2, 0) is 0 Å². The standard InChI is InChI=1S/C11H7FO3/c12-8-5-4-7(11(14)15)10-6(8)2-1-3-9(10)13/h1-5,13H,(H,14,15). The van der Waals surface area contributed by atoms with Crippen LogP contribution < -0.4 is 0 Å². The van der Waals surface area contributed by atoms with Crippen LogP contribution in [-0.4, -0.2) is 16.2 Å². The Balaban J connectivity index is 2.96. The molecule has 0 radical (unpaired) electrons. The molecular weight excluding hydrogens is 199 g/mol. The van der Waals surface area contributed by atoms with Crippen molar-refractivity contribution in [2.24, 2.45) is 0 Å². The highest BCUT2D eigenvalue weighted by atomic mass is 19.1. The SMILES string of the molecule is O=C(O)c1ccc(F)c2cccc(O)c12. The summed E-state index contributed by atoms with van der Waals surface area (Å²) in [6, 6.07) is 6.43. The third kappa shape index (κ3) is 1.40. The van der Waals surface area contributed by atoms with Gasteiger partial charge in [0.1, 0.15) is 11.6 Å². The van der Waals surface area contributed by atoms with Gasteiger partial charge in [0.15, 0.2) is 0 Å². The molecule has 0 fully saturated rings. The largest absolute Gasteiger partial charge is 0.507 e. The minimum atomic E-state index is -1.19. The topological polar surface area (TPSA) is 57.5 Å². The van der Waals surface area contributed by atoms with Crippen molar-refractivity contribution in [1.29, 1.82) is 0 Å². The number of carbonyl (C=O) groups is 1. The molecule has 0 aromatic heterocycles. The number of aromatic hydroxyl groups is 1. The predicted octanol–water partition coefficient (Wildman–Crippen LogP) is 2.38. The molecule has 76 valence electrons. The number of carboxylic acid groups (broad SMARTS) is 1. The third-order valence-electron chi connectivity index (χ3n) is 2.20. The molecule has 15 heavy (non-hydrogen) atoms. The van der Waals surface area contributed by atoms with Crippen LogP contribution in [0, 0.1) is 5.82 Å². The van der Waals surface area contributed by atoms with Gasteiger partial charge in [-0.15, -0.1) is 0 Å². The summed E-state index contributed by atoms with van der Waals surface area (Å²) in [5, 5.41) is 18.5. The third-order valence-corrected chi connectivity index (χ3v) is 2.20. The molecule has 0 unspecified atom stereocenters. The first-order valence-corrected chi connectivity index (χ1v) is 4.25. The van der Waals surface area contributed by atoms with Crippen molar-refractivity contribution in [1.82, 2.24) is 0 Å². The molecule has 0 saturated heterocycles. The van der Waals surface area contributed by atoms with Crippen LogP contribution in [0.3, 0.4) is 0 Å². The lowest BCUT2D eigenvalue weighted by Gasteiger charge is -2.05. The summed E-state index contributed by atoms with van der Waals surface area (Å²) in [7, 11) is 0. The lowest BCUT2D eigenvalue weighted by atomic mass is 10.0. The Morgan fingerprint density at radius 1 is 1.20 bits per heavy atom. The van der Waals surface area contributed by atoms with E-state index in [2.05, 4.69) is 0 Å². The second kappa shape index (κ2) is 3.24. The van der Waals surface area contributed by atoms with Gasteiger partial charge in [-0.3, -0.25) is 0 Å². The van der Waals surface area contributed by atoms with Crippen LogP contribution in [0.15, 0.2) is 30.3 Å². The Morgan fingerprint density at radius 3 is 2.60 bits per heavy atom. The smallest absolute Gasteiger partial charge is 0.336 e. The first kappa shape index (κ1) is 9.45. The second-order valence-electron chi connectivity index (χ2n) is 3.10. The maximum absolute atomic E-state index is 13.3. The number of phenolic OH excluding ortho intramolecular Hbond substituents is 1. The average Bonchev–Trinajstić information content (AvgIpc) is 2.19. The number of benzene rings is 2. The molecule has 0 heterocycles. The molecule has 0 atom stereocenters. The highest BCUT2D eigenvalue weighted by molar-refractivity contribution is 6.06. The van der Waals surface area contributed by atoms with Crippen LogP contribution in [0.2, 0.25) is 0 Å². The van der Waals surface area contributed by atoms with E-state index in [0.29, 0.717) is 0 Å².